The van der Waals surface area contributed by atoms with Crippen molar-refractivity contribution in [3.63, 3.8) is 0 Å². The molecule has 25 heavy (non-hydrogen) atoms. The van der Waals surface area contributed by atoms with E-state index in [1.165, 1.54) is 16.7 Å². The molecule has 0 aliphatic carbocycles. The topological polar surface area (TPSA) is 26.0 Å². The second kappa shape index (κ2) is 6.97. The van der Waals surface area contributed by atoms with E-state index in [0.717, 1.165) is 25.8 Å². The van der Waals surface area contributed by atoms with E-state index in [9.17, 15) is 0 Å². The van der Waals surface area contributed by atoms with E-state index in [0.29, 0.717) is 0 Å². The van der Waals surface area contributed by atoms with E-state index in [-0.39, 0.29) is 5.41 Å². The number of anilines is 1. The number of nitrogens with two attached hydrogens (primary N) is 1. The third kappa shape index (κ3) is 3.83. The predicted octanol–water partition coefficient (Wildman–Crippen LogP) is 7.43. The maximum absolute atomic E-state index is 6.45. The van der Waals surface area contributed by atoms with Crippen LogP contribution in [0.4, 0.5) is 5.69 Å². The molecular formula is C22H21Br2N. The zero-order chi connectivity index (χ0) is 18.2. The zero-order valence-electron chi connectivity index (χ0n) is 14.6. The predicted molar refractivity (Wildman–Crippen MR) is 116 cm³/mol. The number of halogens is 2. The molecule has 3 rings (SSSR count). The van der Waals surface area contributed by atoms with Gasteiger partial charge in [0.1, 0.15) is 0 Å². The highest BCUT2D eigenvalue weighted by atomic mass is 79.9. The van der Waals surface area contributed by atoms with Crippen LogP contribution in [-0.2, 0) is 5.41 Å². The molecule has 0 radical (unpaired) electrons. The molecule has 3 aromatic rings. The molecule has 0 bridgehead atoms. The molecule has 0 heterocycles. The van der Waals surface area contributed by atoms with E-state index in [1.807, 2.05) is 6.07 Å². The average molecular weight is 459 g/mol. The van der Waals surface area contributed by atoms with Crippen LogP contribution in [0.2, 0.25) is 0 Å². The molecule has 128 valence electrons. The van der Waals surface area contributed by atoms with Crippen molar-refractivity contribution >= 4 is 37.5 Å². The molecule has 0 atom stereocenters. The first-order chi connectivity index (χ1) is 11.8. The molecule has 0 saturated heterocycles. The minimum absolute atomic E-state index is 0.0141. The fourth-order valence-corrected chi connectivity index (χ4v) is 3.62. The zero-order valence-corrected chi connectivity index (χ0v) is 17.8. The summed E-state index contributed by atoms with van der Waals surface area (Å²) in [5, 5.41) is 0. The van der Waals surface area contributed by atoms with Gasteiger partial charge in [0.2, 0.25) is 0 Å². The van der Waals surface area contributed by atoms with Crippen LogP contribution in [0, 0.1) is 0 Å². The van der Waals surface area contributed by atoms with Crippen LogP contribution in [0.25, 0.3) is 22.3 Å². The van der Waals surface area contributed by atoms with Crippen LogP contribution in [0.15, 0.2) is 69.6 Å². The molecular weight excluding hydrogens is 438 g/mol. The lowest BCUT2D eigenvalue weighted by atomic mass is 9.78. The summed E-state index contributed by atoms with van der Waals surface area (Å²) < 4.78 is 2.13. The van der Waals surface area contributed by atoms with Crippen LogP contribution in [0.3, 0.4) is 0 Å². The molecule has 0 saturated carbocycles. The molecule has 0 amide bonds. The quantitative estimate of drug-likeness (QED) is 0.397. The smallest absolute Gasteiger partial charge is 0.0400 e. The second-order valence-corrected chi connectivity index (χ2v) is 9.05. The van der Waals surface area contributed by atoms with Gasteiger partial charge in [0.05, 0.1) is 0 Å². The fraction of sp³-hybridized carbons (Fsp3) is 0.182. The number of rotatable bonds is 2. The molecule has 0 fully saturated rings. The van der Waals surface area contributed by atoms with Gasteiger partial charge in [-0.3, -0.25) is 0 Å². The van der Waals surface area contributed by atoms with Crippen molar-refractivity contribution in [3.05, 3.63) is 75.2 Å². The summed E-state index contributed by atoms with van der Waals surface area (Å²) in [5.41, 5.74) is 13.2. The average Bonchev–Trinajstić information content (AvgIpc) is 2.55. The Morgan fingerprint density at radius 2 is 1.08 bits per heavy atom. The maximum Gasteiger partial charge on any atom is 0.0400 e. The van der Waals surface area contributed by atoms with Gasteiger partial charge in [0, 0.05) is 20.2 Å². The van der Waals surface area contributed by atoms with Gasteiger partial charge in [-0.05, 0) is 58.0 Å². The van der Waals surface area contributed by atoms with Crippen LogP contribution >= 0.6 is 31.9 Å². The lowest BCUT2D eigenvalue weighted by Crippen LogP contribution is -2.14. The van der Waals surface area contributed by atoms with Gasteiger partial charge < -0.3 is 5.73 Å². The van der Waals surface area contributed by atoms with Crippen molar-refractivity contribution in [1.82, 2.24) is 0 Å². The van der Waals surface area contributed by atoms with Crippen molar-refractivity contribution in [3.8, 4) is 22.3 Å². The Labute approximate surface area is 166 Å². The van der Waals surface area contributed by atoms with E-state index in [4.69, 9.17) is 5.73 Å². The maximum atomic E-state index is 6.45. The van der Waals surface area contributed by atoms with E-state index >= 15 is 0 Å². The van der Waals surface area contributed by atoms with Crippen molar-refractivity contribution in [2.45, 2.75) is 26.2 Å². The largest absolute Gasteiger partial charge is 0.398 e. The van der Waals surface area contributed by atoms with Crippen LogP contribution in [0.5, 0.6) is 0 Å². The van der Waals surface area contributed by atoms with Crippen molar-refractivity contribution in [2.75, 3.05) is 5.73 Å². The van der Waals surface area contributed by atoms with Crippen LogP contribution in [-0.4, -0.2) is 0 Å². The Kier molecular flexibility index (Phi) is 5.08. The summed E-state index contributed by atoms with van der Waals surface area (Å²) in [6.07, 6.45) is 0. The van der Waals surface area contributed by atoms with Crippen molar-refractivity contribution < 1.29 is 0 Å². The number of hydrogen-bond acceptors (Lipinski definition) is 1. The van der Waals surface area contributed by atoms with Crippen LogP contribution < -0.4 is 5.73 Å². The number of benzene rings is 3. The monoisotopic (exact) mass is 457 g/mol. The molecule has 3 heteroatoms. The van der Waals surface area contributed by atoms with Gasteiger partial charge >= 0.3 is 0 Å². The lowest BCUT2D eigenvalue weighted by Gasteiger charge is -2.26. The summed E-state index contributed by atoms with van der Waals surface area (Å²) in [6.45, 7) is 6.73. The van der Waals surface area contributed by atoms with E-state index < -0.39 is 0 Å². The van der Waals surface area contributed by atoms with Gasteiger partial charge in [-0.15, -0.1) is 0 Å². The van der Waals surface area contributed by atoms with Gasteiger partial charge in [-0.2, -0.15) is 0 Å². The standard InChI is InChI=1S/C22H21Br2N/c1-22(2,3)18-12-13-19(25)21(15-6-10-17(24)11-7-15)20(18)14-4-8-16(23)9-5-14/h4-13H,25H2,1-3H3. The van der Waals surface area contributed by atoms with Gasteiger partial charge in [0.25, 0.3) is 0 Å². The Morgan fingerprint density at radius 3 is 1.52 bits per heavy atom. The highest BCUT2D eigenvalue weighted by Gasteiger charge is 2.23. The number of nitrogen functional groups attached to an aromatic ring is 1. The minimum Gasteiger partial charge on any atom is -0.398 e. The van der Waals surface area contributed by atoms with E-state index in [1.54, 1.807) is 0 Å². The minimum atomic E-state index is 0.0141. The molecule has 3 aromatic carbocycles. The molecule has 0 aliphatic rings. The lowest BCUT2D eigenvalue weighted by molar-refractivity contribution is 0.592. The van der Waals surface area contributed by atoms with Gasteiger partial charge in [-0.25, -0.2) is 0 Å². The number of hydrogen-bond donors (Lipinski definition) is 1. The van der Waals surface area contributed by atoms with Gasteiger partial charge in [-0.1, -0.05) is 83.0 Å². The Hall–Kier alpha value is -1.58. The normalized spacial score (nSPS) is 11.6. The first-order valence-corrected chi connectivity index (χ1v) is 9.81. The summed E-state index contributed by atoms with van der Waals surface area (Å²) >= 11 is 7.05. The van der Waals surface area contributed by atoms with E-state index in [2.05, 4.69) is 107 Å². The van der Waals surface area contributed by atoms with Crippen molar-refractivity contribution in [2.24, 2.45) is 0 Å². The highest BCUT2D eigenvalue weighted by Crippen LogP contribution is 2.43. The van der Waals surface area contributed by atoms with Crippen molar-refractivity contribution in [1.29, 1.82) is 0 Å². The Bertz CT molecular complexity index is 889. The second-order valence-electron chi connectivity index (χ2n) is 7.22. The molecule has 0 unspecified atom stereocenters. The summed E-state index contributed by atoms with van der Waals surface area (Å²) in [5.74, 6) is 0. The fourth-order valence-electron chi connectivity index (χ4n) is 3.09. The SMILES string of the molecule is CC(C)(C)c1ccc(N)c(-c2ccc(Br)cc2)c1-c1ccc(Br)cc1. The molecule has 0 spiro atoms. The molecule has 0 aliphatic heterocycles. The molecule has 0 aromatic heterocycles. The summed E-state index contributed by atoms with van der Waals surface area (Å²) in [7, 11) is 0. The third-order valence-electron chi connectivity index (χ3n) is 4.31. The van der Waals surface area contributed by atoms with Gasteiger partial charge in [0.15, 0.2) is 0 Å². The third-order valence-corrected chi connectivity index (χ3v) is 5.37. The first-order valence-electron chi connectivity index (χ1n) is 8.22. The molecule has 1 nitrogen and oxygen atoms in total. The first kappa shape index (κ1) is 18.2. The van der Waals surface area contributed by atoms with Crippen LogP contribution in [0.1, 0.15) is 26.3 Å². The summed E-state index contributed by atoms with van der Waals surface area (Å²) in [4.78, 5) is 0. The summed E-state index contributed by atoms with van der Waals surface area (Å²) in [6, 6.07) is 21.0. The molecule has 2 N–H and O–H groups in total. The Balaban J connectivity index is 2.36. The Morgan fingerprint density at radius 1 is 0.640 bits per heavy atom. The highest BCUT2D eigenvalue weighted by molar-refractivity contribution is 9.10.